The van der Waals surface area contributed by atoms with Crippen LogP contribution in [0.2, 0.25) is 0 Å². The number of rotatable bonds is 12. The third-order valence-corrected chi connectivity index (χ3v) is 24.2. The average Bonchev–Trinajstić information content (AvgIpc) is 1.43. The van der Waals surface area contributed by atoms with Gasteiger partial charge in [-0.25, -0.2) is 28.4 Å². The quantitative estimate of drug-likeness (QED) is 0.106. The number of nitrogens with zero attached hydrogens (tertiary/aromatic N) is 12. The molecule has 3 N–H and O–H groups in total. The van der Waals surface area contributed by atoms with E-state index < -0.39 is 34.6 Å². The molecule has 3 aromatic heterocycles. The van der Waals surface area contributed by atoms with E-state index >= 15 is 0 Å². The first-order chi connectivity index (χ1) is 48.6. The van der Waals surface area contributed by atoms with Crippen molar-refractivity contribution in [3.05, 3.63) is 171 Å². The number of hydrogen-bond acceptors (Lipinski definition) is 21. The van der Waals surface area contributed by atoms with Crippen molar-refractivity contribution in [1.82, 2.24) is 44.0 Å². The molecule has 12 heterocycles. The van der Waals surface area contributed by atoms with E-state index in [0.29, 0.717) is 93.0 Å². The highest BCUT2D eigenvalue weighted by atomic mass is 16.5. The highest BCUT2D eigenvalue weighted by Crippen LogP contribution is 2.48. The van der Waals surface area contributed by atoms with Crippen LogP contribution in [0.1, 0.15) is 178 Å². The predicted octanol–water partition coefficient (Wildman–Crippen LogP) is 5.10. The van der Waals surface area contributed by atoms with Crippen LogP contribution in [0.15, 0.2) is 87.2 Å². The Balaban J connectivity index is 0.000000137. The maximum atomic E-state index is 13.4. The molecule has 9 aliphatic rings. The number of aromatic nitrogens is 6. The van der Waals surface area contributed by atoms with Gasteiger partial charge in [-0.3, -0.25) is 58.2 Å². The zero-order valence-electron chi connectivity index (χ0n) is 59.3. The van der Waals surface area contributed by atoms with Crippen LogP contribution in [-0.4, -0.2) is 172 Å². The number of fused-ring (bicyclic) bond motifs is 3. The van der Waals surface area contributed by atoms with Gasteiger partial charge in [-0.2, -0.15) is 15.3 Å². The summed E-state index contributed by atoms with van der Waals surface area (Å²) < 4.78 is 19.2. The van der Waals surface area contributed by atoms with Crippen LogP contribution < -0.4 is 31.4 Å². The first kappa shape index (κ1) is 71.3. The number of aliphatic hydroxyl groups excluding tert-OH is 3. The molecule has 9 aliphatic heterocycles. The zero-order valence-corrected chi connectivity index (χ0v) is 59.3. The number of benzene rings is 3. The van der Waals surface area contributed by atoms with Crippen molar-refractivity contribution in [1.29, 1.82) is 0 Å². The SMILES string of the molecule is Cc1c([C@@H](O)[C@@H](C)N2CCC3(CCN(c4ccc(=O)n(C)n4)C3=O)CC2)ccc2c1COC2=O.Cc1c([C@@H](O)[C@H](C)N2CCC3(CCN(c4ccc(=O)n(C)n4)C3=O)CC2)ccc2c1COC2=O.Cc1c([C@H](O)[C@@H](C)N2CCC3(CCN(c4ccc(=O)n(C)n4)C3=O)CC2)ccc2c1COC2=O. The molecule has 540 valence electrons. The Bertz CT molecular complexity index is 4090. The van der Waals surface area contributed by atoms with E-state index in [1.54, 1.807) is 72.2 Å². The molecule has 0 saturated carbocycles. The molecule has 0 unspecified atom stereocenters. The second-order valence-electron chi connectivity index (χ2n) is 29.2. The number of piperidine rings is 3. The van der Waals surface area contributed by atoms with Gasteiger partial charge in [-0.15, -0.1) is 0 Å². The Morgan fingerprint density at radius 3 is 0.824 bits per heavy atom. The Morgan fingerprint density at radius 1 is 0.353 bits per heavy atom. The smallest absolute Gasteiger partial charge is 0.338 e. The van der Waals surface area contributed by atoms with Gasteiger partial charge in [0, 0.05) is 93.8 Å². The Labute approximate surface area is 590 Å². The van der Waals surface area contributed by atoms with Gasteiger partial charge < -0.3 is 29.5 Å². The molecular weight excluding hydrogens is 1310 g/mol. The van der Waals surface area contributed by atoms with Gasteiger partial charge in [0.1, 0.15) is 19.8 Å². The summed E-state index contributed by atoms with van der Waals surface area (Å²) in [7, 11) is 4.75. The Kier molecular flexibility index (Phi) is 19.5. The van der Waals surface area contributed by atoms with Gasteiger partial charge in [0.05, 0.1) is 51.2 Å². The minimum Gasteiger partial charge on any atom is -0.457 e. The monoisotopic (exact) mass is 1400 g/mol. The number of carbonyl (C=O) groups excluding carboxylic acids is 6. The van der Waals surface area contributed by atoms with E-state index in [0.717, 1.165) is 108 Å². The molecule has 6 aromatic rings. The van der Waals surface area contributed by atoms with E-state index in [1.807, 2.05) is 59.7 Å². The summed E-state index contributed by atoms with van der Waals surface area (Å²) in [5, 5.41) is 46.3. The summed E-state index contributed by atoms with van der Waals surface area (Å²) in [5.41, 5.74) is 7.60. The highest BCUT2D eigenvalue weighted by Gasteiger charge is 2.53. The fourth-order valence-corrected chi connectivity index (χ4v) is 16.9. The van der Waals surface area contributed by atoms with Crippen molar-refractivity contribution in [2.75, 3.05) is 73.6 Å². The van der Waals surface area contributed by atoms with E-state index in [9.17, 15) is 58.5 Å². The first-order valence-electron chi connectivity index (χ1n) is 35.4. The van der Waals surface area contributed by atoms with Crippen molar-refractivity contribution in [3.8, 4) is 0 Å². The highest BCUT2D eigenvalue weighted by molar-refractivity contribution is 6.01. The number of likely N-dealkylation sites (tertiary alicyclic amines) is 3. The number of anilines is 3. The zero-order chi connectivity index (χ0) is 72.6. The number of aliphatic hydroxyl groups is 3. The molecule has 102 heavy (non-hydrogen) atoms. The normalized spacial score (nSPS) is 21.6. The molecule has 15 rings (SSSR count). The fraction of sp³-hybridized carbons (Fsp3) is 0.520. The van der Waals surface area contributed by atoms with Crippen LogP contribution in [-0.2, 0) is 69.6 Å². The van der Waals surface area contributed by atoms with Crippen molar-refractivity contribution < 1.29 is 58.3 Å². The molecule has 3 aromatic carbocycles. The lowest BCUT2D eigenvalue weighted by Gasteiger charge is -2.42. The summed E-state index contributed by atoms with van der Waals surface area (Å²) >= 11 is 0. The maximum absolute atomic E-state index is 13.4. The topological polar surface area (TPSA) is 315 Å². The molecule has 3 spiro atoms. The van der Waals surface area contributed by atoms with Gasteiger partial charge >= 0.3 is 17.9 Å². The van der Waals surface area contributed by atoms with Gasteiger partial charge in [0.2, 0.25) is 17.7 Å². The number of carbonyl (C=O) groups is 6. The lowest BCUT2D eigenvalue weighted by Crippen LogP contribution is -2.49. The van der Waals surface area contributed by atoms with Crippen LogP contribution in [0.5, 0.6) is 0 Å². The van der Waals surface area contributed by atoms with Crippen molar-refractivity contribution in [2.45, 2.75) is 156 Å². The third-order valence-electron chi connectivity index (χ3n) is 24.2. The number of amides is 3. The van der Waals surface area contributed by atoms with Crippen LogP contribution in [0.25, 0.3) is 0 Å². The van der Waals surface area contributed by atoms with Gasteiger partial charge in [-0.05, 0) is 208 Å². The summed E-state index contributed by atoms with van der Waals surface area (Å²) in [6.07, 6.45) is 4.48. The lowest BCUT2D eigenvalue weighted by molar-refractivity contribution is -0.129. The van der Waals surface area contributed by atoms with Gasteiger partial charge in [-0.1, -0.05) is 18.2 Å². The molecule has 0 aliphatic carbocycles. The van der Waals surface area contributed by atoms with Crippen LogP contribution in [0.3, 0.4) is 0 Å². The summed E-state index contributed by atoms with van der Waals surface area (Å²) in [6.45, 7) is 18.6. The standard InChI is InChI=1S/3C25H30N4O5/c3*1-15-17(4-5-18-19(15)14-34-23(18)32)22(31)16(2)28-11-8-25(9-12-28)10-13-29(24(25)33)20-6-7-21(30)27(3)26-20/h3*4-7,16,22,31H,8-14H2,1-3H3/t16-,22+;2*16-,22-/m110/s1. The number of hydrogen-bond donors (Lipinski definition) is 3. The molecule has 0 bridgehead atoms. The van der Waals surface area contributed by atoms with E-state index in [4.69, 9.17) is 14.2 Å². The molecular formula is C75H90N12O15. The van der Waals surface area contributed by atoms with E-state index in [1.165, 1.54) is 32.2 Å². The molecule has 6 saturated heterocycles. The summed E-state index contributed by atoms with van der Waals surface area (Å²) in [4.78, 5) is 122. The summed E-state index contributed by atoms with van der Waals surface area (Å²) in [6, 6.07) is 19.5. The Hall–Kier alpha value is -9.12. The molecule has 27 heteroatoms. The van der Waals surface area contributed by atoms with Crippen molar-refractivity contribution in [2.24, 2.45) is 37.4 Å². The number of ether oxygens (including phenoxy) is 3. The summed E-state index contributed by atoms with van der Waals surface area (Å²) in [5.74, 6) is 0.853. The lowest BCUT2D eigenvalue weighted by atomic mass is 9.76. The van der Waals surface area contributed by atoms with E-state index in [-0.39, 0.29) is 90.3 Å². The molecule has 6 atom stereocenters. The predicted molar refractivity (Wildman–Crippen MR) is 373 cm³/mol. The van der Waals surface area contributed by atoms with Crippen LogP contribution in [0.4, 0.5) is 17.5 Å². The largest absolute Gasteiger partial charge is 0.457 e. The van der Waals surface area contributed by atoms with Gasteiger partial charge in [0.25, 0.3) is 16.7 Å². The van der Waals surface area contributed by atoms with Crippen molar-refractivity contribution >= 4 is 53.1 Å². The average molecular weight is 1400 g/mol. The van der Waals surface area contributed by atoms with Crippen LogP contribution in [0, 0.1) is 37.0 Å². The molecule has 27 nitrogen and oxygen atoms in total. The van der Waals surface area contributed by atoms with E-state index in [2.05, 4.69) is 30.0 Å². The first-order valence-corrected chi connectivity index (χ1v) is 35.4. The van der Waals surface area contributed by atoms with Crippen molar-refractivity contribution in [3.63, 3.8) is 0 Å². The number of esters is 3. The minimum absolute atomic E-state index is 0.0747. The second kappa shape index (κ2) is 27.9. The number of cyclic esters (lactones) is 3. The number of aryl methyl sites for hydroxylation is 3. The molecule has 0 radical (unpaired) electrons. The maximum Gasteiger partial charge on any atom is 0.338 e. The second-order valence-corrected chi connectivity index (χ2v) is 29.2. The fourth-order valence-electron chi connectivity index (χ4n) is 16.9. The third kappa shape index (κ3) is 12.8. The Morgan fingerprint density at radius 2 is 0.588 bits per heavy atom. The molecule has 6 fully saturated rings. The van der Waals surface area contributed by atoms with Gasteiger partial charge in [0.15, 0.2) is 17.5 Å². The molecule has 3 amide bonds. The van der Waals surface area contributed by atoms with Crippen LogP contribution >= 0.6 is 0 Å². The minimum atomic E-state index is -0.708.